The van der Waals surface area contributed by atoms with Gasteiger partial charge in [-0.3, -0.25) is 9.59 Å². The van der Waals surface area contributed by atoms with E-state index in [2.05, 4.69) is 10.5 Å². The van der Waals surface area contributed by atoms with Gasteiger partial charge in [0.2, 0.25) is 11.8 Å². The molecule has 0 unspecified atom stereocenters. The van der Waals surface area contributed by atoms with Crippen LogP contribution >= 0.6 is 0 Å². The predicted molar refractivity (Wildman–Crippen MR) is 74.1 cm³/mol. The number of amides is 2. The van der Waals surface area contributed by atoms with Gasteiger partial charge in [-0.15, -0.1) is 0 Å². The van der Waals surface area contributed by atoms with Gasteiger partial charge in [-0.2, -0.15) is 0 Å². The van der Waals surface area contributed by atoms with Gasteiger partial charge in [0.05, 0.1) is 0 Å². The van der Waals surface area contributed by atoms with Crippen LogP contribution in [0.5, 0.6) is 0 Å². The molecule has 1 N–H and O–H groups in total. The number of nitrogens with zero attached hydrogens (tertiary/aromatic N) is 2. The van der Waals surface area contributed by atoms with Gasteiger partial charge in [0.1, 0.15) is 5.76 Å². The Balaban J connectivity index is 1.82. The van der Waals surface area contributed by atoms with Crippen LogP contribution in [0.25, 0.3) is 0 Å². The third kappa shape index (κ3) is 3.82. The number of hydrogen-bond acceptors (Lipinski definition) is 4. The fraction of sp³-hybridized carbons (Fsp3) is 0.643. The molecule has 0 atom stereocenters. The molecule has 110 valence electrons. The minimum absolute atomic E-state index is 0.0435. The summed E-state index contributed by atoms with van der Waals surface area (Å²) in [5, 5.41) is 6.37. The number of anilines is 1. The molecule has 0 radical (unpaired) electrons. The van der Waals surface area contributed by atoms with Crippen molar-refractivity contribution in [1.29, 1.82) is 0 Å². The average molecular weight is 279 g/mol. The van der Waals surface area contributed by atoms with E-state index < -0.39 is 0 Å². The SMILES string of the molecule is CC(=O)N(CCC(=O)Nc1cc(C)on1)C1CCCC1. The smallest absolute Gasteiger partial charge is 0.227 e. The molecule has 0 aromatic carbocycles. The van der Waals surface area contributed by atoms with Crippen LogP contribution in [-0.2, 0) is 9.59 Å². The van der Waals surface area contributed by atoms with E-state index in [0.717, 1.165) is 12.8 Å². The van der Waals surface area contributed by atoms with E-state index in [1.54, 1.807) is 19.9 Å². The Morgan fingerprint density at radius 3 is 2.70 bits per heavy atom. The Morgan fingerprint density at radius 1 is 1.45 bits per heavy atom. The summed E-state index contributed by atoms with van der Waals surface area (Å²) in [6.45, 7) is 3.79. The maximum Gasteiger partial charge on any atom is 0.227 e. The Bertz CT molecular complexity index is 478. The molecule has 1 heterocycles. The lowest BCUT2D eigenvalue weighted by Crippen LogP contribution is -2.39. The molecule has 1 fully saturated rings. The van der Waals surface area contributed by atoms with Crippen molar-refractivity contribution in [1.82, 2.24) is 10.1 Å². The Hall–Kier alpha value is -1.85. The van der Waals surface area contributed by atoms with Crippen molar-refractivity contribution in [2.45, 2.75) is 52.0 Å². The van der Waals surface area contributed by atoms with Crippen LogP contribution < -0.4 is 5.32 Å². The lowest BCUT2D eigenvalue weighted by atomic mass is 10.2. The maximum atomic E-state index is 11.8. The van der Waals surface area contributed by atoms with Gasteiger partial charge in [-0.05, 0) is 19.8 Å². The summed E-state index contributed by atoms with van der Waals surface area (Å²) in [6, 6.07) is 1.96. The van der Waals surface area contributed by atoms with E-state index in [-0.39, 0.29) is 18.2 Å². The van der Waals surface area contributed by atoms with Crippen molar-refractivity contribution in [2.75, 3.05) is 11.9 Å². The van der Waals surface area contributed by atoms with E-state index in [9.17, 15) is 9.59 Å². The second-order valence-electron chi connectivity index (χ2n) is 5.27. The van der Waals surface area contributed by atoms with Crippen LogP contribution in [0.1, 0.15) is 44.8 Å². The number of rotatable bonds is 5. The molecular weight excluding hydrogens is 258 g/mol. The van der Waals surface area contributed by atoms with Crippen molar-refractivity contribution >= 4 is 17.6 Å². The van der Waals surface area contributed by atoms with Gasteiger partial charge in [-0.1, -0.05) is 18.0 Å². The second-order valence-corrected chi connectivity index (χ2v) is 5.27. The fourth-order valence-electron chi connectivity index (χ4n) is 2.67. The van der Waals surface area contributed by atoms with Crippen LogP contribution in [0.2, 0.25) is 0 Å². The molecule has 0 saturated heterocycles. The zero-order chi connectivity index (χ0) is 14.5. The van der Waals surface area contributed by atoms with E-state index >= 15 is 0 Å². The Labute approximate surface area is 118 Å². The molecule has 20 heavy (non-hydrogen) atoms. The van der Waals surface area contributed by atoms with Gasteiger partial charge < -0.3 is 14.7 Å². The van der Waals surface area contributed by atoms with Crippen LogP contribution in [0.3, 0.4) is 0 Å². The van der Waals surface area contributed by atoms with Crippen molar-refractivity contribution in [2.24, 2.45) is 0 Å². The summed E-state index contributed by atoms with van der Waals surface area (Å²) in [7, 11) is 0. The van der Waals surface area contributed by atoms with E-state index in [1.807, 2.05) is 4.90 Å². The molecule has 0 aliphatic heterocycles. The molecular formula is C14H21N3O3. The second kappa shape index (κ2) is 6.54. The van der Waals surface area contributed by atoms with Crippen LogP contribution in [0, 0.1) is 6.92 Å². The van der Waals surface area contributed by atoms with E-state index in [4.69, 9.17) is 4.52 Å². The van der Waals surface area contributed by atoms with Crippen molar-refractivity contribution in [3.05, 3.63) is 11.8 Å². The molecule has 1 aromatic heterocycles. The first-order valence-electron chi connectivity index (χ1n) is 7.06. The molecule has 1 aliphatic rings. The topological polar surface area (TPSA) is 75.4 Å². The molecule has 1 aromatic rings. The summed E-state index contributed by atoms with van der Waals surface area (Å²) in [4.78, 5) is 25.3. The maximum absolute atomic E-state index is 11.8. The minimum atomic E-state index is -0.150. The van der Waals surface area contributed by atoms with E-state index in [1.165, 1.54) is 12.8 Å². The normalized spacial score (nSPS) is 15.3. The number of hydrogen-bond donors (Lipinski definition) is 1. The monoisotopic (exact) mass is 279 g/mol. The highest BCUT2D eigenvalue weighted by Gasteiger charge is 2.24. The highest BCUT2D eigenvalue weighted by atomic mass is 16.5. The van der Waals surface area contributed by atoms with Gasteiger partial charge in [-0.25, -0.2) is 0 Å². The molecule has 1 aliphatic carbocycles. The third-order valence-electron chi connectivity index (χ3n) is 3.65. The summed E-state index contributed by atoms with van der Waals surface area (Å²) < 4.78 is 4.88. The van der Waals surface area contributed by atoms with Gasteiger partial charge >= 0.3 is 0 Å². The highest BCUT2D eigenvalue weighted by molar-refractivity contribution is 5.90. The summed E-state index contributed by atoms with van der Waals surface area (Å²) in [5.41, 5.74) is 0. The highest BCUT2D eigenvalue weighted by Crippen LogP contribution is 2.23. The van der Waals surface area contributed by atoms with Gasteiger partial charge in [0.25, 0.3) is 0 Å². The largest absolute Gasteiger partial charge is 0.360 e. The zero-order valence-corrected chi connectivity index (χ0v) is 12.0. The molecule has 6 heteroatoms. The Morgan fingerprint density at radius 2 is 2.15 bits per heavy atom. The molecule has 0 spiro atoms. The summed E-state index contributed by atoms with van der Waals surface area (Å²) in [6.07, 6.45) is 4.70. The predicted octanol–water partition coefficient (Wildman–Crippen LogP) is 2.10. The quantitative estimate of drug-likeness (QED) is 0.895. The fourth-order valence-corrected chi connectivity index (χ4v) is 2.67. The first kappa shape index (κ1) is 14.6. The lowest BCUT2D eigenvalue weighted by Gasteiger charge is -2.27. The standard InChI is InChI=1S/C14H21N3O3/c1-10-9-13(16-20-10)15-14(19)7-8-17(11(2)18)12-5-3-4-6-12/h9,12H,3-8H2,1-2H3,(H,15,16,19). The van der Waals surface area contributed by atoms with Crippen molar-refractivity contribution in [3.8, 4) is 0 Å². The van der Waals surface area contributed by atoms with Crippen LogP contribution in [-0.4, -0.2) is 34.5 Å². The number of carbonyl (C=O) groups is 2. The van der Waals surface area contributed by atoms with Crippen molar-refractivity contribution in [3.63, 3.8) is 0 Å². The number of aryl methyl sites for hydroxylation is 1. The molecule has 1 saturated carbocycles. The first-order valence-corrected chi connectivity index (χ1v) is 7.06. The minimum Gasteiger partial charge on any atom is -0.360 e. The van der Waals surface area contributed by atoms with E-state index in [0.29, 0.717) is 24.2 Å². The Kier molecular flexibility index (Phi) is 4.76. The number of carbonyl (C=O) groups excluding carboxylic acids is 2. The molecule has 6 nitrogen and oxygen atoms in total. The summed E-state index contributed by atoms with van der Waals surface area (Å²) in [5.74, 6) is 0.962. The molecule has 0 bridgehead atoms. The van der Waals surface area contributed by atoms with Crippen molar-refractivity contribution < 1.29 is 14.1 Å². The number of nitrogens with one attached hydrogen (secondary N) is 1. The molecule has 2 rings (SSSR count). The number of aromatic nitrogens is 1. The third-order valence-corrected chi connectivity index (χ3v) is 3.65. The zero-order valence-electron chi connectivity index (χ0n) is 12.0. The van der Waals surface area contributed by atoms with Crippen LogP contribution in [0.15, 0.2) is 10.6 Å². The first-order chi connectivity index (χ1) is 9.56. The molecule has 2 amide bonds. The van der Waals surface area contributed by atoms with Gasteiger partial charge in [0, 0.05) is 32.0 Å². The lowest BCUT2D eigenvalue weighted by molar-refractivity contribution is -0.131. The van der Waals surface area contributed by atoms with Gasteiger partial charge in [0.15, 0.2) is 5.82 Å². The average Bonchev–Trinajstić information content (AvgIpc) is 3.01. The summed E-state index contributed by atoms with van der Waals surface area (Å²) >= 11 is 0. The van der Waals surface area contributed by atoms with Crippen LogP contribution in [0.4, 0.5) is 5.82 Å².